The number of sulfonamides is 1. The Kier molecular flexibility index (Phi) is 4.72. The maximum atomic E-state index is 12.2. The number of aromatic nitrogens is 3. The van der Waals surface area contributed by atoms with E-state index in [4.69, 9.17) is 28.9 Å². The van der Waals surface area contributed by atoms with Crippen molar-refractivity contribution in [2.75, 3.05) is 12.3 Å². The fourth-order valence-electron chi connectivity index (χ4n) is 1.63. The lowest BCUT2D eigenvalue weighted by Crippen LogP contribution is -2.26. The van der Waals surface area contributed by atoms with Gasteiger partial charge in [-0.2, -0.15) is 5.10 Å². The van der Waals surface area contributed by atoms with Crippen LogP contribution in [0.2, 0.25) is 10.0 Å². The summed E-state index contributed by atoms with van der Waals surface area (Å²) in [6.45, 7) is 0.144. The summed E-state index contributed by atoms with van der Waals surface area (Å²) in [7, 11) is -2.04. The molecule has 1 heterocycles. The Morgan fingerprint density at radius 1 is 1.38 bits per heavy atom. The van der Waals surface area contributed by atoms with E-state index in [2.05, 4.69) is 14.8 Å². The van der Waals surface area contributed by atoms with Crippen molar-refractivity contribution in [3.05, 3.63) is 34.3 Å². The van der Waals surface area contributed by atoms with E-state index < -0.39 is 10.0 Å². The molecule has 0 aliphatic carbocycles. The molecule has 0 fully saturated rings. The van der Waals surface area contributed by atoms with Crippen molar-refractivity contribution in [1.82, 2.24) is 19.5 Å². The number of nitrogens with two attached hydrogens (primary N) is 1. The number of rotatable bonds is 5. The molecule has 0 saturated carbocycles. The van der Waals surface area contributed by atoms with Gasteiger partial charge in [-0.15, -0.1) is 0 Å². The first-order valence-electron chi connectivity index (χ1n) is 5.89. The first kappa shape index (κ1) is 16.0. The van der Waals surface area contributed by atoms with Crippen molar-refractivity contribution < 1.29 is 8.42 Å². The molecule has 2 rings (SSSR count). The largest absolute Gasteiger partial charge is 0.396 e. The standard InChI is InChI=1S/C11H13Cl2N5O2S/c1-18-6-15-9(17-18)4-5-16-21(19,20)8-3-2-7(12)11(14)10(8)13/h2-3,6,16H,4-5,14H2,1H3. The van der Waals surface area contributed by atoms with Gasteiger partial charge in [-0.1, -0.05) is 23.2 Å². The third-order valence-electron chi connectivity index (χ3n) is 2.67. The molecule has 0 aliphatic heterocycles. The van der Waals surface area contributed by atoms with Gasteiger partial charge in [0.05, 0.1) is 15.7 Å². The second kappa shape index (κ2) is 6.18. The van der Waals surface area contributed by atoms with Crippen LogP contribution < -0.4 is 10.5 Å². The van der Waals surface area contributed by atoms with E-state index in [1.807, 2.05) is 0 Å². The van der Waals surface area contributed by atoms with E-state index in [-0.39, 0.29) is 27.2 Å². The summed E-state index contributed by atoms with van der Waals surface area (Å²) in [5, 5.41) is 4.17. The van der Waals surface area contributed by atoms with Gasteiger partial charge in [-0.05, 0) is 12.1 Å². The number of halogens is 2. The average Bonchev–Trinajstić information content (AvgIpc) is 2.81. The van der Waals surface area contributed by atoms with Crippen LogP contribution >= 0.6 is 23.2 Å². The number of nitrogens with one attached hydrogen (secondary N) is 1. The van der Waals surface area contributed by atoms with Gasteiger partial charge in [0.15, 0.2) is 5.82 Å². The first-order chi connectivity index (χ1) is 9.81. The molecular weight excluding hydrogens is 337 g/mol. The molecule has 0 unspecified atom stereocenters. The van der Waals surface area contributed by atoms with Gasteiger partial charge in [0.2, 0.25) is 10.0 Å². The van der Waals surface area contributed by atoms with Crippen LogP contribution in [0.5, 0.6) is 0 Å². The van der Waals surface area contributed by atoms with Crippen LogP contribution in [0.25, 0.3) is 0 Å². The molecule has 0 bridgehead atoms. The summed E-state index contributed by atoms with van der Waals surface area (Å²) in [6, 6.07) is 2.69. The van der Waals surface area contributed by atoms with Crippen LogP contribution in [0.1, 0.15) is 5.82 Å². The van der Waals surface area contributed by atoms with Gasteiger partial charge in [0, 0.05) is 20.0 Å². The number of benzene rings is 1. The molecule has 21 heavy (non-hydrogen) atoms. The number of nitrogens with zero attached hydrogens (tertiary/aromatic N) is 3. The van der Waals surface area contributed by atoms with Gasteiger partial charge in [0.1, 0.15) is 11.2 Å². The predicted octanol–water partition coefficient (Wildman–Crippen LogP) is 1.23. The van der Waals surface area contributed by atoms with Gasteiger partial charge >= 0.3 is 0 Å². The summed E-state index contributed by atoms with van der Waals surface area (Å²) in [6.07, 6.45) is 1.90. The van der Waals surface area contributed by atoms with Gasteiger partial charge in [0.25, 0.3) is 0 Å². The smallest absolute Gasteiger partial charge is 0.242 e. The topological polar surface area (TPSA) is 103 Å². The van der Waals surface area contributed by atoms with E-state index in [1.54, 1.807) is 18.1 Å². The zero-order chi connectivity index (χ0) is 15.6. The van der Waals surface area contributed by atoms with Gasteiger partial charge in [-0.3, -0.25) is 4.68 Å². The molecular formula is C11H13Cl2N5O2S. The number of nitrogen functional groups attached to an aromatic ring is 1. The van der Waals surface area contributed by atoms with E-state index in [9.17, 15) is 8.42 Å². The minimum atomic E-state index is -3.78. The first-order valence-corrected chi connectivity index (χ1v) is 8.13. The zero-order valence-corrected chi connectivity index (χ0v) is 13.4. The zero-order valence-electron chi connectivity index (χ0n) is 11.0. The molecule has 3 N–H and O–H groups in total. The van der Waals surface area contributed by atoms with E-state index in [0.29, 0.717) is 12.2 Å². The SMILES string of the molecule is Cn1cnc(CCNS(=O)(=O)c2ccc(Cl)c(N)c2Cl)n1. The van der Waals surface area contributed by atoms with Crippen molar-refractivity contribution in [2.24, 2.45) is 7.05 Å². The summed E-state index contributed by atoms with van der Waals surface area (Å²) in [5.41, 5.74) is 5.66. The Hall–Kier alpha value is -1.35. The quantitative estimate of drug-likeness (QED) is 0.790. The molecule has 10 heteroatoms. The number of anilines is 1. The van der Waals surface area contributed by atoms with E-state index in [1.165, 1.54) is 12.1 Å². The van der Waals surface area contributed by atoms with Crippen LogP contribution in [-0.2, 0) is 23.5 Å². The lowest BCUT2D eigenvalue weighted by atomic mass is 10.3. The van der Waals surface area contributed by atoms with Crippen LogP contribution in [0.15, 0.2) is 23.4 Å². The molecule has 7 nitrogen and oxygen atoms in total. The number of hydrogen-bond acceptors (Lipinski definition) is 5. The molecule has 1 aromatic carbocycles. The Morgan fingerprint density at radius 3 is 2.71 bits per heavy atom. The summed E-state index contributed by atoms with van der Waals surface area (Å²) >= 11 is 11.7. The maximum absolute atomic E-state index is 12.2. The highest BCUT2D eigenvalue weighted by Crippen LogP contribution is 2.32. The normalized spacial score (nSPS) is 11.8. The second-order valence-corrected chi connectivity index (χ2v) is 6.78. The van der Waals surface area contributed by atoms with Crippen molar-refractivity contribution in [3.63, 3.8) is 0 Å². The molecule has 0 aliphatic rings. The van der Waals surface area contributed by atoms with E-state index in [0.717, 1.165) is 0 Å². The monoisotopic (exact) mass is 349 g/mol. The van der Waals surface area contributed by atoms with E-state index >= 15 is 0 Å². The Balaban J connectivity index is 2.10. The van der Waals surface area contributed by atoms with Crippen molar-refractivity contribution in [3.8, 4) is 0 Å². The van der Waals surface area contributed by atoms with Gasteiger partial charge < -0.3 is 5.73 Å². The minimum Gasteiger partial charge on any atom is -0.396 e. The van der Waals surface area contributed by atoms with Crippen LogP contribution in [-0.4, -0.2) is 29.7 Å². The summed E-state index contributed by atoms with van der Waals surface area (Å²) < 4.78 is 28.3. The predicted molar refractivity (Wildman–Crippen MR) is 80.8 cm³/mol. The molecule has 1 aromatic heterocycles. The molecule has 0 spiro atoms. The number of aryl methyl sites for hydroxylation is 1. The van der Waals surface area contributed by atoms with Crippen molar-refractivity contribution >= 4 is 38.9 Å². The highest BCUT2D eigenvalue weighted by atomic mass is 35.5. The highest BCUT2D eigenvalue weighted by Gasteiger charge is 2.20. The lowest BCUT2D eigenvalue weighted by Gasteiger charge is -2.10. The van der Waals surface area contributed by atoms with Crippen LogP contribution in [0.4, 0.5) is 5.69 Å². The molecule has 0 radical (unpaired) electrons. The van der Waals surface area contributed by atoms with Crippen molar-refractivity contribution in [1.29, 1.82) is 0 Å². The fourth-order valence-corrected chi connectivity index (χ4v) is 3.43. The molecule has 0 amide bonds. The summed E-state index contributed by atoms with van der Waals surface area (Å²) in [5.74, 6) is 0.543. The number of hydrogen-bond donors (Lipinski definition) is 2. The van der Waals surface area contributed by atoms with Crippen LogP contribution in [0.3, 0.4) is 0 Å². The third kappa shape index (κ3) is 3.65. The van der Waals surface area contributed by atoms with Crippen LogP contribution in [0, 0.1) is 0 Å². The Labute approximate surface area is 132 Å². The Bertz CT molecular complexity index is 760. The molecule has 0 saturated heterocycles. The third-order valence-corrected chi connectivity index (χ3v) is 5.02. The van der Waals surface area contributed by atoms with Crippen molar-refractivity contribution in [2.45, 2.75) is 11.3 Å². The molecule has 2 aromatic rings. The average molecular weight is 350 g/mol. The minimum absolute atomic E-state index is 0.0348. The highest BCUT2D eigenvalue weighted by molar-refractivity contribution is 7.89. The molecule has 114 valence electrons. The second-order valence-electron chi connectivity index (χ2n) is 4.26. The maximum Gasteiger partial charge on any atom is 0.242 e. The molecule has 0 atom stereocenters. The van der Waals surface area contributed by atoms with Gasteiger partial charge in [-0.25, -0.2) is 18.1 Å². The Morgan fingerprint density at radius 2 is 2.10 bits per heavy atom. The lowest BCUT2D eigenvalue weighted by molar-refractivity contribution is 0.580. The summed E-state index contributed by atoms with van der Waals surface area (Å²) in [4.78, 5) is 3.89. The fraction of sp³-hybridized carbons (Fsp3) is 0.273.